The van der Waals surface area contributed by atoms with Crippen LogP contribution >= 0.6 is 11.6 Å². The number of fused-ring (bicyclic) bond motifs is 1. The van der Waals surface area contributed by atoms with Gasteiger partial charge in [-0.25, -0.2) is 13.8 Å². The molecular formula is C21H18ClF2N3. The molecule has 0 saturated carbocycles. The summed E-state index contributed by atoms with van der Waals surface area (Å²) in [5, 5.41) is 0.369. The van der Waals surface area contributed by atoms with Crippen LogP contribution in [0.25, 0.3) is 0 Å². The van der Waals surface area contributed by atoms with Crippen LogP contribution in [0.15, 0.2) is 48.7 Å². The summed E-state index contributed by atoms with van der Waals surface area (Å²) < 4.78 is 28.8. The summed E-state index contributed by atoms with van der Waals surface area (Å²) in [5.41, 5.74) is 9.66. The van der Waals surface area contributed by atoms with Gasteiger partial charge in [-0.15, -0.1) is 0 Å². The molecule has 3 aromatic rings. The monoisotopic (exact) mass is 385 g/mol. The molecule has 0 unspecified atom stereocenters. The Hall–Kier alpha value is -2.66. The summed E-state index contributed by atoms with van der Waals surface area (Å²) in [7, 11) is 0. The summed E-state index contributed by atoms with van der Waals surface area (Å²) in [4.78, 5) is 5.74. The number of nitrogen functional groups attached to an aromatic ring is 1. The second kappa shape index (κ2) is 7.16. The molecule has 4 rings (SSSR count). The molecule has 0 saturated heterocycles. The number of halogens is 3. The van der Waals surface area contributed by atoms with Crippen molar-refractivity contribution < 1.29 is 8.78 Å². The standard InChI is InChI=1S/C21H18ClF2N3/c22-15-6-7-19(17(23)12-15)27-10-2-4-16-13(3-1-5-18(16)27)11-14-8-9-26-21(25)20(14)24/h1,3,5-9,12H,2,4,10-11H2,(H2,25,26). The third-order valence-electron chi connectivity index (χ3n) is 4.93. The summed E-state index contributed by atoms with van der Waals surface area (Å²) in [6.45, 7) is 0.714. The number of hydrogen-bond donors (Lipinski definition) is 1. The first-order valence-corrected chi connectivity index (χ1v) is 9.14. The summed E-state index contributed by atoms with van der Waals surface area (Å²) in [6, 6.07) is 12.2. The van der Waals surface area contributed by atoms with E-state index < -0.39 is 5.82 Å². The Bertz CT molecular complexity index is 1010. The van der Waals surface area contributed by atoms with Crippen molar-refractivity contribution in [3.8, 4) is 0 Å². The molecule has 0 spiro atoms. The van der Waals surface area contributed by atoms with Gasteiger partial charge >= 0.3 is 0 Å². The van der Waals surface area contributed by atoms with Crippen molar-refractivity contribution in [2.75, 3.05) is 17.2 Å². The summed E-state index contributed by atoms with van der Waals surface area (Å²) in [5.74, 6) is -0.928. The Balaban J connectivity index is 1.75. The quantitative estimate of drug-likeness (QED) is 0.667. The van der Waals surface area contributed by atoms with E-state index in [0.717, 1.165) is 29.7 Å². The van der Waals surface area contributed by atoms with E-state index in [9.17, 15) is 8.78 Å². The van der Waals surface area contributed by atoms with Gasteiger partial charge in [-0.05, 0) is 59.9 Å². The Morgan fingerprint density at radius 1 is 1.07 bits per heavy atom. The van der Waals surface area contributed by atoms with Crippen LogP contribution in [0.2, 0.25) is 5.02 Å². The molecule has 0 amide bonds. The first kappa shape index (κ1) is 17.7. The Morgan fingerprint density at radius 2 is 1.93 bits per heavy atom. The number of rotatable bonds is 3. The number of hydrogen-bond acceptors (Lipinski definition) is 3. The van der Waals surface area contributed by atoms with Gasteiger partial charge in [0.15, 0.2) is 11.6 Å². The number of nitrogens with zero attached hydrogens (tertiary/aromatic N) is 2. The van der Waals surface area contributed by atoms with Crippen molar-refractivity contribution >= 4 is 28.8 Å². The van der Waals surface area contributed by atoms with Gasteiger partial charge in [0.05, 0.1) is 5.69 Å². The maximum Gasteiger partial charge on any atom is 0.168 e. The lowest BCUT2D eigenvalue weighted by atomic mass is 9.92. The highest BCUT2D eigenvalue weighted by Crippen LogP contribution is 2.37. The van der Waals surface area contributed by atoms with Crippen LogP contribution < -0.4 is 10.6 Å². The summed E-state index contributed by atoms with van der Waals surface area (Å²) >= 11 is 5.89. The minimum Gasteiger partial charge on any atom is -0.381 e. The van der Waals surface area contributed by atoms with Crippen molar-refractivity contribution in [3.05, 3.63) is 82.0 Å². The first-order valence-electron chi connectivity index (χ1n) is 8.77. The molecule has 1 aromatic heterocycles. The molecule has 2 heterocycles. The molecule has 3 nitrogen and oxygen atoms in total. The Kier molecular flexibility index (Phi) is 4.70. The Labute approximate surface area is 161 Å². The largest absolute Gasteiger partial charge is 0.381 e. The van der Waals surface area contributed by atoms with E-state index in [1.54, 1.807) is 18.2 Å². The number of pyridine rings is 1. The van der Waals surface area contributed by atoms with E-state index in [1.807, 2.05) is 23.1 Å². The van der Waals surface area contributed by atoms with E-state index >= 15 is 0 Å². The molecular weight excluding hydrogens is 368 g/mol. The zero-order chi connectivity index (χ0) is 19.0. The minimum absolute atomic E-state index is 0.0952. The molecule has 2 aromatic carbocycles. The highest BCUT2D eigenvalue weighted by atomic mass is 35.5. The fraction of sp³-hybridized carbons (Fsp3) is 0.190. The number of aromatic nitrogens is 1. The normalized spacial score (nSPS) is 13.5. The van der Waals surface area contributed by atoms with Crippen LogP contribution in [0.4, 0.5) is 26.0 Å². The van der Waals surface area contributed by atoms with Gasteiger partial charge in [0.1, 0.15) is 5.82 Å². The zero-order valence-corrected chi connectivity index (χ0v) is 15.3. The van der Waals surface area contributed by atoms with Crippen molar-refractivity contribution in [2.24, 2.45) is 0 Å². The molecule has 6 heteroatoms. The number of anilines is 3. The molecule has 0 bridgehead atoms. The maximum atomic E-state index is 14.5. The summed E-state index contributed by atoms with van der Waals surface area (Å²) in [6.07, 6.45) is 3.67. The van der Waals surface area contributed by atoms with E-state index in [-0.39, 0.29) is 11.6 Å². The van der Waals surface area contributed by atoms with Gasteiger partial charge in [0, 0.05) is 29.9 Å². The van der Waals surface area contributed by atoms with Crippen molar-refractivity contribution in [1.29, 1.82) is 0 Å². The minimum atomic E-state index is -0.480. The smallest absolute Gasteiger partial charge is 0.168 e. The molecule has 27 heavy (non-hydrogen) atoms. The van der Waals surface area contributed by atoms with E-state index in [4.69, 9.17) is 17.3 Å². The Morgan fingerprint density at radius 3 is 2.74 bits per heavy atom. The second-order valence-corrected chi connectivity index (χ2v) is 7.05. The molecule has 0 fully saturated rings. The molecule has 1 aliphatic rings. The van der Waals surface area contributed by atoms with E-state index in [2.05, 4.69) is 4.98 Å². The lowest BCUT2D eigenvalue weighted by Crippen LogP contribution is -2.26. The third-order valence-corrected chi connectivity index (χ3v) is 5.16. The SMILES string of the molecule is Nc1nccc(Cc2cccc3c2CCCN3c2ccc(Cl)cc2F)c1F. The number of nitrogens with two attached hydrogens (primary N) is 1. The topological polar surface area (TPSA) is 42.1 Å². The predicted octanol–water partition coefficient (Wildman–Crippen LogP) is 5.27. The van der Waals surface area contributed by atoms with Crippen molar-refractivity contribution in [2.45, 2.75) is 19.3 Å². The molecule has 2 N–H and O–H groups in total. The lowest BCUT2D eigenvalue weighted by Gasteiger charge is -2.33. The van der Waals surface area contributed by atoms with E-state index in [1.165, 1.54) is 12.3 Å². The second-order valence-electron chi connectivity index (χ2n) is 6.61. The van der Waals surface area contributed by atoms with Gasteiger partial charge in [-0.3, -0.25) is 0 Å². The van der Waals surface area contributed by atoms with Crippen LogP contribution in [0.3, 0.4) is 0 Å². The van der Waals surface area contributed by atoms with Crippen LogP contribution in [0.5, 0.6) is 0 Å². The van der Waals surface area contributed by atoms with Gasteiger partial charge in [-0.1, -0.05) is 23.7 Å². The van der Waals surface area contributed by atoms with Crippen molar-refractivity contribution in [3.63, 3.8) is 0 Å². The molecule has 0 radical (unpaired) electrons. The fourth-order valence-corrected chi connectivity index (χ4v) is 3.82. The lowest BCUT2D eigenvalue weighted by molar-refractivity contribution is 0.612. The zero-order valence-electron chi connectivity index (χ0n) is 14.6. The van der Waals surface area contributed by atoms with Crippen LogP contribution in [-0.4, -0.2) is 11.5 Å². The predicted molar refractivity (Wildman–Crippen MR) is 105 cm³/mol. The average Bonchev–Trinajstić information content (AvgIpc) is 2.65. The number of benzene rings is 2. The molecule has 1 aliphatic heterocycles. The molecule has 0 aliphatic carbocycles. The molecule has 138 valence electrons. The van der Waals surface area contributed by atoms with Gasteiger partial charge in [-0.2, -0.15) is 0 Å². The van der Waals surface area contributed by atoms with Gasteiger partial charge in [0.2, 0.25) is 0 Å². The van der Waals surface area contributed by atoms with Crippen molar-refractivity contribution in [1.82, 2.24) is 4.98 Å². The average molecular weight is 386 g/mol. The van der Waals surface area contributed by atoms with E-state index in [0.29, 0.717) is 29.2 Å². The van der Waals surface area contributed by atoms with Gasteiger partial charge in [0.25, 0.3) is 0 Å². The van der Waals surface area contributed by atoms with Gasteiger partial charge < -0.3 is 10.6 Å². The third kappa shape index (κ3) is 3.35. The van der Waals surface area contributed by atoms with Crippen LogP contribution in [0.1, 0.15) is 23.1 Å². The van der Waals surface area contributed by atoms with Crippen LogP contribution in [0, 0.1) is 11.6 Å². The highest BCUT2D eigenvalue weighted by Gasteiger charge is 2.23. The molecule has 0 atom stereocenters. The highest BCUT2D eigenvalue weighted by molar-refractivity contribution is 6.30. The maximum absolute atomic E-state index is 14.5. The fourth-order valence-electron chi connectivity index (χ4n) is 3.66. The van der Waals surface area contributed by atoms with Crippen LogP contribution in [-0.2, 0) is 12.8 Å². The first-order chi connectivity index (χ1) is 13.0.